The van der Waals surface area contributed by atoms with Gasteiger partial charge in [0.2, 0.25) is 0 Å². The van der Waals surface area contributed by atoms with Gasteiger partial charge in [-0.15, -0.1) is 11.8 Å². The third-order valence-electron chi connectivity index (χ3n) is 6.27. The van der Waals surface area contributed by atoms with Crippen molar-refractivity contribution >= 4 is 29.3 Å². The summed E-state index contributed by atoms with van der Waals surface area (Å²) in [5.41, 5.74) is 6.30. The molecule has 1 unspecified atom stereocenters. The van der Waals surface area contributed by atoms with Crippen LogP contribution in [-0.2, 0) is 23.5 Å². The van der Waals surface area contributed by atoms with Gasteiger partial charge >= 0.3 is 5.97 Å². The molecule has 2 aliphatic heterocycles. The number of carbonyl (C=O) groups excluding carboxylic acids is 1. The predicted molar refractivity (Wildman–Crippen MR) is 129 cm³/mol. The number of hydrogen-bond acceptors (Lipinski definition) is 4. The zero-order chi connectivity index (χ0) is 22.9. The Labute approximate surface area is 197 Å². The Bertz CT molecular complexity index is 1220. The molecule has 0 fully saturated rings. The Kier molecular flexibility index (Phi) is 5.85. The van der Waals surface area contributed by atoms with Crippen LogP contribution in [0.1, 0.15) is 45.5 Å². The second-order valence-electron chi connectivity index (χ2n) is 8.60. The second-order valence-corrected chi connectivity index (χ2v) is 9.65. The van der Waals surface area contributed by atoms with Crippen LogP contribution in [0.25, 0.3) is 0 Å². The molecule has 168 valence electrons. The molecule has 1 amide bonds. The molecule has 0 saturated heterocycles. The average Bonchev–Trinajstić information content (AvgIpc) is 3.15. The third kappa shape index (κ3) is 4.48. The van der Waals surface area contributed by atoms with Crippen LogP contribution in [0, 0.1) is 6.92 Å². The van der Waals surface area contributed by atoms with E-state index in [2.05, 4.69) is 12.1 Å². The van der Waals surface area contributed by atoms with Gasteiger partial charge in [0.1, 0.15) is 11.9 Å². The maximum atomic E-state index is 13.0. The first-order chi connectivity index (χ1) is 16.0. The van der Waals surface area contributed by atoms with Crippen LogP contribution in [0.3, 0.4) is 0 Å². The van der Waals surface area contributed by atoms with Crippen molar-refractivity contribution in [1.29, 1.82) is 0 Å². The Hall–Kier alpha value is -3.25. The van der Waals surface area contributed by atoms with Gasteiger partial charge in [-0.05, 0) is 72.9 Å². The number of thioether (sulfide) groups is 1. The van der Waals surface area contributed by atoms with Gasteiger partial charge in [0.05, 0.1) is 13.0 Å². The van der Waals surface area contributed by atoms with Gasteiger partial charge < -0.3 is 14.7 Å². The minimum atomic E-state index is -0.828. The van der Waals surface area contributed by atoms with E-state index in [-0.39, 0.29) is 18.4 Å². The minimum Gasteiger partial charge on any atom is -0.490 e. The zero-order valence-corrected chi connectivity index (χ0v) is 19.2. The maximum Gasteiger partial charge on any atom is 0.307 e. The number of carboxylic acid groups (broad SMARTS) is 1. The van der Waals surface area contributed by atoms with Crippen molar-refractivity contribution in [2.75, 3.05) is 4.90 Å². The smallest absolute Gasteiger partial charge is 0.307 e. The molecule has 3 aromatic carbocycles. The Balaban J connectivity index is 1.29. The van der Waals surface area contributed by atoms with Gasteiger partial charge in [-0.3, -0.25) is 9.59 Å². The number of aryl methyl sites for hydroxylation is 2. The number of carbonyl (C=O) groups is 2. The number of anilines is 1. The maximum absolute atomic E-state index is 13.0. The molecule has 2 aliphatic rings. The van der Waals surface area contributed by atoms with Crippen LogP contribution in [0.5, 0.6) is 5.75 Å². The van der Waals surface area contributed by atoms with E-state index in [4.69, 9.17) is 9.84 Å². The van der Waals surface area contributed by atoms with Crippen LogP contribution in [0.4, 0.5) is 5.69 Å². The summed E-state index contributed by atoms with van der Waals surface area (Å²) in [5.74, 6) is 0.796. The van der Waals surface area contributed by atoms with Crippen molar-refractivity contribution < 1.29 is 19.4 Å². The molecule has 1 atom stereocenters. The van der Waals surface area contributed by atoms with Gasteiger partial charge in [-0.25, -0.2) is 0 Å². The highest BCUT2D eigenvalue weighted by atomic mass is 32.2. The van der Waals surface area contributed by atoms with E-state index in [1.54, 1.807) is 11.8 Å². The Morgan fingerprint density at radius 1 is 1.15 bits per heavy atom. The number of benzene rings is 3. The van der Waals surface area contributed by atoms with Gasteiger partial charge in [-0.1, -0.05) is 29.8 Å². The van der Waals surface area contributed by atoms with E-state index in [1.807, 2.05) is 60.4 Å². The quantitative estimate of drug-likeness (QED) is 0.485. The molecule has 0 aliphatic carbocycles. The summed E-state index contributed by atoms with van der Waals surface area (Å²) in [7, 11) is 0. The van der Waals surface area contributed by atoms with Crippen LogP contribution in [-0.4, -0.2) is 23.1 Å². The number of carboxylic acids is 1. The lowest BCUT2D eigenvalue weighted by Crippen LogP contribution is -2.25. The number of amides is 1. The SMILES string of the molecule is Cc1ccc(N2Cc3c(CSc4ccc5c(c4)CCC(CC(=O)O)O5)cccc3C2=O)cc1. The van der Waals surface area contributed by atoms with E-state index < -0.39 is 5.97 Å². The van der Waals surface area contributed by atoms with E-state index in [9.17, 15) is 9.59 Å². The molecule has 5 rings (SSSR count). The lowest BCUT2D eigenvalue weighted by atomic mass is 10.0. The highest BCUT2D eigenvalue weighted by Gasteiger charge is 2.30. The van der Waals surface area contributed by atoms with Crippen LogP contribution >= 0.6 is 11.8 Å². The van der Waals surface area contributed by atoms with Gasteiger partial charge in [-0.2, -0.15) is 0 Å². The molecule has 0 spiro atoms. The summed E-state index contributed by atoms with van der Waals surface area (Å²) in [6.45, 7) is 2.64. The molecule has 2 heterocycles. The van der Waals surface area contributed by atoms with E-state index >= 15 is 0 Å². The first-order valence-corrected chi connectivity index (χ1v) is 12.1. The molecule has 0 radical (unpaired) electrons. The molecule has 0 saturated carbocycles. The number of fused-ring (bicyclic) bond motifs is 2. The molecule has 33 heavy (non-hydrogen) atoms. The lowest BCUT2D eigenvalue weighted by Gasteiger charge is -2.25. The Morgan fingerprint density at radius 2 is 1.97 bits per heavy atom. The minimum absolute atomic E-state index is 0.0351. The van der Waals surface area contributed by atoms with E-state index in [1.165, 1.54) is 11.1 Å². The normalized spacial score (nSPS) is 16.8. The number of rotatable bonds is 6. The molecule has 0 bridgehead atoms. The van der Waals surface area contributed by atoms with Gasteiger partial charge in [0, 0.05) is 21.9 Å². The monoisotopic (exact) mass is 459 g/mol. The number of aliphatic carboxylic acids is 1. The fraction of sp³-hybridized carbons (Fsp3) is 0.259. The summed E-state index contributed by atoms with van der Waals surface area (Å²) >= 11 is 1.74. The molecule has 0 aromatic heterocycles. The van der Waals surface area contributed by atoms with E-state index in [0.717, 1.165) is 51.6 Å². The fourth-order valence-electron chi connectivity index (χ4n) is 4.48. The summed E-state index contributed by atoms with van der Waals surface area (Å²) < 4.78 is 5.86. The van der Waals surface area contributed by atoms with E-state index in [0.29, 0.717) is 6.54 Å². The van der Waals surface area contributed by atoms with Crippen molar-refractivity contribution in [3.05, 3.63) is 88.5 Å². The fourth-order valence-corrected chi connectivity index (χ4v) is 5.46. The third-order valence-corrected chi connectivity index (χ3v) is 7.31. The topological polar surface area (TPSA) is 66.8 Å². The van der Waals surface area contributed by atoms with Crippen molar-refractivity contribution in [3.63, 3.8) is 0 Å². The van der Waals surface area contributed by atoms with Crippen LogP contribution < -0.4 is 9.64 Å². The molecule has 3 aromatic rings. The molecule has 6 heteroatoms. The highest BCUT2D eigenvalue weighted by Crippen LogP contribution is 2.36. The van der Waals surface area contributed by atoms with Crippen LogP contribution in [0.2, 0.25) is 0 Å². The van der Waals surface area contributed by atoms with Crippen LogP contribution in [0.15, 0.2) is 65.6 Å². The van der Waals surface area contributed by atoms with Crippen molar-refractivity contribution in [2.45, 2.75) is 49.5 Å². The Morgan fingerprint density at radius 3 is 2.76 bits per heavy atom. The van der Waals surface area contributed by atoms with Crippen molar-refractivity contribution in [1.82, 2.24) is 0 Å². The highest BCUT2D eigenvalue weighted by molar-refractivity contribution is 7.98. The van der Waals surface area contributed by atoms with Crippen molar-refractivity contribution in [3.8, 4) is 5.75 Å². The number of hydrogen-bond donors (Lipinski definition) is 1. The van der Waals surface area contributed by atoms with Crippen molar-refractivity contribution in [2.24, 2.45) is 0 Å². The standard InChI is InChI=1S/C27H25NO4S/c1-17-5-8-20(9-6-17)28-15-24-19(3-2-4-23(24)27(28)31)16-33-22-11-12-25-18(13-22)7-10-21(32-25)14-26(29)30/h2-6,8-9,11-13,21H,7,10,14-16H2,1H3,(H,29,30). The van der Waals surface area contributed by atoms with Gasteiger partial charge in [0.15, 0.2) is 0 Å². The first kappa shape index (κ1) is 21.6. The largest absolute Gasteiger partial charge is 0.490 e. The zero-order valence-electron chi connectivity index (χ0n) is 18.4. The molecular weight excluding hydrogens is 434 g/mol. The summed E-state index contributed by atoms with van der Waals surface area (Å²) in [4.78, 5) is 27.0. The summed E-state index contributed by atoms with van der Waals surface area (Å²) in [6.07, 6.45) is 1.32. The summed E-state index contributed by atoms with van der Waals surface area (Å²) in [5, 5.41) is 9.00. The average molecular weight is 460 g/mol. The molecule has 5 nitrogen and oxygen atoms in total. The second kappa shape index (κ2) is 8.94. The molecular formula is C27H25NO4S. The molecule has 1 N–H and O–H groups in total. The predicted octanol–water partition coefficient (Wildman–Crippen LogP) is 5.62. The number of nitrogens with zero attached hydrogens (tertiary/aromatic N) is 1. The number of ether oxygens (including phenoxy) is 1. The first-order valence-electron chi connectivity index (χ1n) is 11.1. The summed E-state index contributed by atoms with van der Waals surface area (Å²) in [6, 6.07) is 20.2. The lowest BCUT2D eigenvalue weighted by molar-refractivity contribution is -0.139. The van der Waals surface area contributed by atoms with Gasteiger partial charge in [0.25, 0.3) is 5.91 Å².